The average molecular weight is 208 g/mol. The number of amides is 1. The molecule has 2 N–H and O–H groups in total. The van der Waals surface area contributed by atoms with Crippen LogP contribution in [0.4, 0.5) is 0 Å². The Morgan fingerprint density at radius 1 is 1.73 bits per heavy atom. The Kier molecular flexibility index (Phi) is 3.01. The number of aromatic nitrogens is 2. The Bertz CT molecular complexity index is 347. The van der Waals surface area contributed by atoms with E-state index in [0.29, 0.717) is 6.54 Å². The van der Waals surface area contributed by atoms with Crippen LogP contribution in [0.5, 0.6) is 0 Å². The molecule has 82 valence electrons. The Labute approximate surface area is 88.9 Å². The van der Waals surface area contributed by atoms with Gasteiger partial charge in [0.2, 0.25) is 5.91 Å². The third-order valence-electron chi connectivity index (χ3n) is 2.73. The van der Waals surface area contributed by atoms with Gasteiger partial charge in [0.25, 0.3) is 0 Å². The normalized spacial score (nSPS) is 21.4. The molecule has 2 heterocycles. The van der Waals surface area contributed by atoms with Gasteiger partial charge in [-0.2, -0.15) is 0 Å². The maximum Gasteiger partial charge on any atom is 0.237 e. The van der Waals surface area contributed by atoms with Crippen LogP contribution in [0.1, 0.15) is 18.5 Å². The molecule has 1 aliphatic rings. The van der Waals surface area contributed by atoms with Gasteiger partial charge in [0.15, 0.2) is 0 Å². The third-order valence-corrected chi connectivity index (χ3v) is 2.73. The van der Waals surface area contributed by atoms with Crippen molar-refractivity contribution in [1.82, 2.24) is 20.2 Å². The van der Waals surface area contributed by atoms with Crippen LogP contribution in [-0.2, 0) is 18.4 Å². The first kappa shape index (κ1) is 10.2. The lowest BCUT2D eigenvalue weighted by atomic mass is 10.1. The van der Waals surface area contributed by atoms with Crippen molar-refractivity contribution in [1.29, 1.82) is 0 Å². The highest BCUT2D eigenvalue weighted by atomic mass is 16.2. The number of nitrogens with zero attached hydrogens (tertiary/aromatic N) is 2. The van der Waals surface area contributed by atoms with Crippen LogP contribution in [0.15, 0.2) is 12.5 Å². The number of carbonyl (C=O) groups is 1. The van der Waals surface area contributed by atoms with Gasteiger partial charge in [-0.1, -0.05) is 0 Å². The molecule has 5 nitrogen and oxygen atoms in total. The van der Waals surface area contributed by atoms with Crippen molar-refractivity contribution < 1.29 is 4.79 Å². The lowest BCUT2D eigenvalue weighted by Gasteiger charge is -2.22. The van der Waals surface area contributed by atoms with Gasteiger partial charge in [-0.05, 0) is 12.8 Å². The molecular formula is C10H16N4O. The summed E-state index contributed by atoms with van der Waals surface area (Å²) >= 11 is 0. The molecule has 1 aliphatic heterocycles. The molecule has 1 fully saturated rings. The molecule has 15 heavy (non-hydrogen) atoms. The predicted octanol–water partition coefficient (Wildman–Crippen LogP) is -0.212. The third kappa shape index (κ3) is 2.36. The summed E-state index contributed by atoms with van der Waals surface area (Å²) in [7, 11) is 1.95. The number of hydrogen-bond donors (Lipinski definition) is 2. The summed E-state index contributed by atoms with van der Waals surface area (Å²) in [6, 6.07) is -0.0475. The van der Waals surface area contributed by atoms with E-state index < -0.39 is 0 Å². The lowest BCUT2D eigenvalue weighted by molar-refractivity contribution is -0.124. The monoisotopic (exact) mass is 208 g/mol. The second kappa shape index (κ2) is 4.44. The van der Waals surface area contributed by atoms with E-state index in [4.69, 9.17) is 0 Å². The number of nitrogens with one attached hydrogen (secondary N) is 2. The van der Waals surface area contributed by atoms with Crippen molar-refractivity contribution >= 4 is 5.91 Å². The van der Waals surface area contributed by atoms with E-state index in [2.05, 4.69) is 15.6 Å². The maximum atomic E-state index is 11.4. The Balaban J connectivity index is 1.87. The van der Waals surface area contributed by atoms with Crippen LogP contribution in [-0.4, -0.2) is 28.0 Å². The van der Waals surface area contributed by atoms with Crippen LogP contribution >= 0.6 is 0 Å². The first-order chi connectivity index (χ1) is 7.27. The summed E-state index contributed by atoms with van der Waals surface area (Å²) in [5.41, 5.74) is 1.09. The van der Waals surface area contributed by atoms with Gasteiger partial charge in [-0.3, -0.25) is 4.79 Å². The van der Waals surface area contributed by atoms with E-state index >= 15 is 0 Å². The molecule has 0 aliphatic carbocycles. The molecule has 1 aromatic heterocycles. The zero-order valence-electron chi connectivity index (χ0n) is 8.86. The number of carbonyl (C=O) groups excluding carboxylic acids is 1. The lowest BCUT2D eigenvalue weighted by Crippen LogP contribution is -2.48. The van der Waals surface area contributed by atoms with E-state index in [1.807, 2.05) is 17.8 Å². The number of hydrogen-bond acceptors (Lipinski definition) is 3. The van der Waals surface area contributed by atoms with E-state index in [0.717, 1.165) is 25.1 Å². The van der Waals surface area contributed by atoms with E-state index in [1.54, 1.807) is 6.33 Å². The highest BCUT2D eigenvalue weighted by Gasteiger charge is 2.21. The fourth-order valence-corrected chi connectivity index (χ4v) is 1.75. The molecule has 0 saturated carbocycles. The topological polar surface area (TPSA) is 59.0 Å². The average Bonchev–Trinajstić information content (AvgIpc) is 2.63. The number of aryl methyl sites for hydroxylation is 1. The zero-order valence-corrected chi connectivity index (χ0v) is 8.86. The number of imidazole rings is 1. The zero-order chi connectivity index (χ0) is 10.7. The molecule has 1 amide bonds. The van der Waals surface area contributed by atoms with Crippen LogP contribution in [0, 0.1) is 0 Å². The minimum Gasteiger partial charge on any atom is -0.355 e. The Morgan fingerprint density at radius 2 is 2.60 bits per heavy atom. The fraction of sp³-hybridized carbons (Fsp3) is 0.600. The fourth-order valence-electron chi connectivity index (χ4n) is 1.75. The molecule has 0 spiro atoms. The van der Waals surface area contributed by atoms with Gasteiger partial charge < -0.3 is 15.2 Å². The van der Waals surface area contributed by atoms with E-state index in [-0.39, 0.29) is 11.9 Å². The minimum absolute atomic E-state index is 0.0475. The number of piperidine rings is 1. The molecule has 0 radical (unpaired) electrons. The Hall–Kier alpha value is -1.36. The van der Waals surface area contributed by atoms with Crippen LogP contribution in [0.25, 0.3) is 0 Å². The van der Waals surface area contributed by atoms with Crippen LogP contribution in [0.3, 0.4) is 0 Å². The molecule has 1 atom stereocenters. The molecule has 0 bridgehead atoms. The quantitative estimate of drug-likeness (QED) is 0.722. The summed E-state index contributed by atoms with van der Waals surface area (Å²) < 4.78 is 1.95. The second-order valence-electron chi connectivity index (χ2n) is 3.86. The molecular weight excluding hydrogens is 192 g/mol. The summed E-state index contributed by atoms with van der Waals surface area (Å²) in [5, 5.41) is 6.09. The number of rotatable bonds is 3. The predicted molar refractivity (Wildman–Crippen MR) is 56.1 cm³/mol. The van der Waals surface area contributed by atoms with Crippen LogP contribution in [0.2, 0.25) is 0 Å². The summed E-state index contributed by atoms with van der Waals surface area (Å²) in [6.07, 6.45) is 5.55. The van der Waals surface area contributed by atoms with Gasteiger partial charge in [-0.25, -0.2) is 4.98 Å². The van der Waals surface area contributed by atoms with E-state index in [9.17, 15) is 4.79 Å². The van der Waals surface area contributed by atoms with Gasteiger partial charge in [0.1, 0.15) is 0 Å². The summed E-state index contributed by atoms with van der Waals surface area (Å²) in [5.74, 6) is 0.114. The van der Waals surface area contributed by atoms with Crippen molar-refractivity contribution in [2.45, 2.75) is 25.4 Å². The van der Waals surface area contributed by atoms with E-state index in [1.165, 1.54) is 0 Å². The van der Waals surface area contributed by atoms with Crippen molar-refractivity contribution in [3.8, 4) is 0 Å². The standard InChI is InChI=1S/C10H16N4O/c1-14-7-11-5-8(14)6-13-9-3-2-4-12-10(9)15/h5,7,9,13H,2-4,6H2,1H3,(H,12,15). The molecule has 1 saturated heterocycles. The molecule has 0 aromatic carbocycles. The van der Waals surface area contributed by atoms with Crippen molar-refractivity contribution in [3.05, 3.63) is 18.2 Å². The van der Waals surface area contributed by atoms with Gasteiger partial charge in [0, 0.05) is 26.3 Å². The maximum absolute atomic E-state index is 11.4. The first-order valence-electron chi connectivity index (χ1n) is 5.23. The van der Waals surface area contributed by atoms with Crippen molar-refractivity contribution in [3.63, 3.8) is 0 Å². The second-order valence-corrected chi connectivity index (χ2v) is 3.86. The molecule has 5 heteroatoms. The minimum atomic E-state index is -0.0475. The molecule has 1 aromatic rings. The van der Waals surface area contributed by atoms with Crippen molar-refractivity contribution in [2.24, 2.45) is 7.05 Å². The largest absolute Gasteiger partial charge is 0.355 e. The SMILES string of the molecule is Cn1cncc1CNC1CCCNC1=O. The molecule has 2 rings (SSSR count). The van der Waals surface area contributed by atoms with Gasteiger partial charge in [-0.15, -0.1) is 0 Å². The smallest absolute Gasteiger partial charge is 0.237 e. The van der Waals surface area contributed by atoms with Gasteiger partial charge in [0.05, 0.1) is 18.1 Å². The summed E-state index contributed by atoms with van der Waals surface area (Å²) in [6.45, 7) is 1.50. The van der Waals surface area contributed by atoms with Gasteiger partial charge >= 0.3 is 0 Å². The highest BCUT2D eigenvalue weighted by molar-refractivity contribution is 5.82. The highest BCUT2D eigenvalue weighted by Crippen LogP contribution is 2.04. The van der Waals surface area contributed by atoms with Crippen molar-refractivity contribution in [2.75, 3.05) is 6.54 Å². The van der Waals surface area contributed by atoms with Crippen LogP contribution < -0.4 is 10.6 Å². The summed E-state index contributed by atoms with van der Waals surface area (Å²) in [4.78, 5) is 15.5. The first-order valence-corrected chi connectivity index (χ1v) is 5.23. The Morgan fingerprint density at radius 3 is 3.27 bits per heavy atom. The molecule has 1 unspecified atom stereocenters.